The van der Waals surface area contributed by atoms with Crippen molar-refractivity contribution in [2.75, 3.05) is 5.32 Å². The summed E-state index contributed by atoms with van der Waals surface area (Å²) in [6.45, 7) is 0.813. The van der Waals surface area contributed by atoms with Crippen molar-refractivity contribution in [3.63, 3.8) is 0 Å². The van der Waals surface area contributed by atoms with E-state index in [1.54, 1.807) is 30.5 Å². The van der Waals surface area contributed by atoms with Crippen molar-refractivity contribution in [1.29, 1.82) is 0 Å². The molecule has 0 bridgehead atoms. The van der Waals surface area contributed by atoms with Crippen LogP contribution in [0.15, 0.2) is 53.6 Å². The minimum absolute atomic E-state index is 0.287. The summed E-state index contributed by atoms with van der Waals surface area (Å²) in [6, 6.07) is 14.2. The quantitative estimate of drug-likeness (QED) is 0.393. The molecule has 5 rings (SSSR count). The number of aromatic hydroxyl groups is 1. The van der Waals surface area contributed by atoms with E-state index in [9.17, 15) is 14.7 Å². The second-order valence-electron chi connectivity index (χ2n) is 8.60. The summed E-state index contributed by atoms with van der Waals surface area (Å²) in [6.07, 6.45) is 7.39. The van der Waals surface area contributed by atoms with Gasteiger partial charge in [0.25, 0.3) is 11.1 Å². The lowest BCUT2D eigenvalue weighted by atomic mass is 9.91. The van der Waals surface area contributed by atoms with Crippen LogP contribution in [0.3, 0.4) is 0 Å². The van der Waals surface area contributed by atoms with Crippen molar-refractivity contribution in [2.24, 2.45) is 0 Å². The molecule has 2 aromatic carbocycles. The molecule has 9 heteroatoms. The van der Waals surface area contributed by atoms with Gasteiger partial charge in [0.15, 0.2) is 0 Å². The lowest BCUT2D eigenvalue weighted by Crippen LogP contribution is -2.36. The maximum absolute atomic E-state index is 11.7. The van der Waals surface area contributed by atoms with Gasteiger partial charge in [0.2, 0.25) is 5.95 Å². The molecule has 174 valence electrons. The van der Waals surface area contributed by atoms with Gasteiger partial charge < -0.3 is 15.7 Å². The number of phenolic OH excluding ortho intramolecular Hbond substituents is 1. The Morgan fingerprint density at radius 2 is 1.79 bits per heavy atom. The van der Waals surface area contributed by atoms with E-state index in [2.05, 4.69) is 38.1 Å². The van der Waals surface area contributed by atoms with Gasteiger partial charge in [0.1, 0.15) is 5.75 Å². The first-order valence-electron chi connectivity index (χ1n) is 11.3. The van der Waals surface area contributed by atoms with Gasteiger partial charge in [-0.25, -0.2) is 9.97 Å². The fourth-order valence-corrected chi connectivity index (χ4v) is 5.02. The molecule has 0 spiro atoms. The van der Waals surface area contributed by atoms with Crippen LogP contribution in [0.25, 0.3) is 16.8 Å². The number of fused-ring (bicyclic) bond motifs is 1. The van der Waals surface area contributed by atoms with Crippen molar-refractivity contribution in [2.45, 2.75) is 44.3 Å². The third-order valence-corrected chi connectivity index (χ3v) is 6.95. The van der Waals surface area contributed by atoms with Gasteiger partial charge in [-0.2, -0.15) is 0 Å². The smallest absolute Gasteiger partial charge is 0.290 e. The topological polar surface area (TPSA) is 116 Å². The third-order valence-electron chi connectivity index (χ3n) is 6.14. The zero-order valence-corrected chi connectivity index (χ0v) is 19.3. The maximum atomic E-state index is 11.7. The number of nitrogens with zero attached hydrogens (tertiary/aromatic N) is 2. The number of thioether (sulfide) groups is 1. The number of carbonyl (C=O) groups is 2. The largest absolute Gasteiger partial charge is 0.508 e. The fraction of sp³-hybridized carbons (Fsp3) is 0.280. The second-order valence-corrected chi connectivity index (χ2v) is 9.61. The van der Waals surface area contributed by atoms with Crippen molar-refractivity contribution < 1.29 is 14.7 Å². The standard InChI is InChI=1S/C25H25N5O3S/c31-21-8-3-16-11-15(1-2-17(16)12-21)14-27-18-4-6-19(7-5-18)28-24-26-10-9-20(29-24)13-22-23(32)30-25(33)34-22/h1-3,8-13,18-19,27,31H,4-7,14H2,(H,26,28,29)(H,30,32,33)/b22-13-/t18-,19-. The molecule has 1 saturated carbocycles. The Balaban J connectivity index is 1.12. The first-order valence-corrected chi connectivity index (χ1v) is 12.1. The summed E-state index contributed by atoms with van der Waals surface area (Å²) >= 11 is 0.878. The van der Waals surface area contributed by atoms with Gasteiger partial charge in [-0.1, -0.05) is 18.2 Å². The molecule has 2 aliphatic rings. The normalized spacial score (nSPS) is 21.7. The maximum Gasteiger partial charge on any atom is 0.290 e. The summed E-state index contributed by atoms with van der Waals surface area (Å²) in [5.41, 5.74) is 1.82. The monoisotopic (exact) mass is 475 g/mol. The van der Waals surface area contributed by atoms with E-state index in [-0.39, 0.29) is 11.0 Å². The average molecular weight is 476 g/mol. The van der Waals surface area contributed by atoms with Crippen molar-refractivity contribution in [1.82, 2.24) is 20.6 Å². The van der Waals surface area contributed by atoms with E-state index < -0.39 is 5.91 Å². The molecule has 0 atom stereocenters. The number of anilines is 1. The third kappa shape index (κ3) is 5.37. The van der Waals surface area contributed by atoms with Crippen LogP contribution >= 0.6 is 11.8 Å². The molecule has 2 amide bonds. The molecule has 3 aromatic rings. The summed E-state index contributed by atoms with van der Waals surface area (Å²) in [7, 11) is 0. The first-order chi connectivity index (χ1) is 16.5. The number of phenols is 1. The molecule has 1 aliphatic heterocycles. The molecule has 4 N–H and O–H groups in total. The van der Waals surface area contributed by atoms with Crippen LogP contribution in [0.2, 0.25) is 0 Å². The van der Waals surface area contributed by atoms with E-state index >= 15 is 0 Å². The predicted molar refractivity (Wildman–Crippen MR) is 133 cm³/mol. The number of aromatic nitrogens is 2. The zero-order valence-electron chi connectivity index (χ0n) is 18.5. The fourth-order valence-electron chi connectivity index (χ4n) is 4.36. The molecular weight excluding hydrogens is 450 g/mol. The summed E-state index contributed by atoms with van der Waals surface area (Å²) in [4.78, 5) is 32.2. The van der Waals surface area contributed by atoms with E-state index in [1.165, 1.54) is 5.56 Å². The SMILES string of the molecule is O=C1NC(=O)/C(=C/c2ccnc(N[C@H]3CC[C@H](NCc4ccc5cc(O)ccc5c4)CC3)n2)S1. The van der Waals surface area contributed by atoms with E-state index in [4.69, 9.17) is 0 Å². The lowest BCUT2D eigenvalue weighted by Gasteiger charge is -2.30. The highest BCUT2D eigenvalue weighted by atomic mass is 32.2. The molecule has 2 fully saturated rings. The number of amides is 2. The molecule has 0 radical (unpaired) electrons. The summed E-state index contributed by atoms with van der Waals surface area (Å²) in [5.74, 6) is 0.425. The minimum atomic E-state index is -0.392. The minimum Gasteiger partial charge on any atom is -0.508 e. The van der Waals surface area contributed by atoms with Crippen LogP contribution in [0.5, 0.6) is 5.75 Å². The molecule has 34 heavy (non-hydrogen) atoms. The van der Waals surface area contributed by atoms with Crippen LogP contribution in [-0.4, -0.2) is 38.3 Å². The van der Waals surface area contributed by atoms with Crippen molar-refractivity contribution in [3.8, 4) is 5.75 Å². The summed E-state index contributed by atoms with van der Waals surface area (Å²) in [5, 5.41) is 20.7. The molecule has 2 heterocycles. The molecule has 1 aromatic heterocycles. The number of rotatable bonds is 6. The van der Waals surface area contributed by atoms with Gasteiger partial charge in [0.05, 0.1) is 10.6 Å². The number of benzene rings is 2. The molecule has 1 saturated heterocycles. The van der Waals surface area contributed by atoms with Crippen LogP contribution in [0, 0.1) is 0 Å². The van der Waals surface area contributed by atoms with E-state index in [1.807, 2.05) is 12.1 Å². The van der Waals surface area contributed by atoms with Crippen LogP contribution in [-0.2, 0) is 11.3 Å². The van der Waals surface area contributed by atoms with Crippen molar-refractivity contribution >= 4 is 45.7 Å². The van der Waals surface area contributed by atoms with Gasteiger partial charge in [-0.15, -0.1) is 0 Å². The zero-order chi connectivity index (χ0) is 23.5. The van der Waals surface area contributed by atoms with Crippen LogP contribution in [0.1, 0.15) is 36.9 Å². The Labute approximate surface area is 201 Å². The molecule has 0 unspecified atom stereocenters. The Morgan fingerprint density at radius 1 is 1.03 bits per heavy atom. The average Bonchev–Trinajstić information content (AvgIpc) is 3.15. The Kier molecular flexibility index (Phi) is 6.46. The van der Waals surface area contributed by atoms with Crippen LogP contribution in [0.4, 0.5) is 10.7 Å². The molecule has 8 nitrogen and oxygen atoms in total. The van der Waals surface area contributed by atoms with Gasteiger partial charge in [0, 0.05) is 24.8 Å². The molecule has 1 aliphatic carbocycles. The van der Waals surface area contributed by atoms with Gasteiger partial charge in [-0.3, -0.25) is 14.9 Å². The number of imide groups is 1. The molecular formula is C25H25N5O3S. The van der Waals surface area contributed by atoms with Gasteiger partial charge in [-0.05, 0) is 84.1 Å². The van der Waals surface area contributed by atoms with Crippen LogP contribution < -0.4 is 16.0 Å². The lowest BCUT2D eigenvalue weighted by molar-refractivity contribution is -0.115. The Hall–Kier alpha value is -3.43. The predicted octanol–water partition coefficient (Wildman–Crippen LogP) is 4.17. The number of nitrogens with one attached hydrogen (secondary N) is 3. The van der Waals surface area contributed by atoms with Gasteiger partial charge >= 0.3 is 0 Å². The Morgan fingerprint density at radius 3 is 2.59 bits per heavy atom. The highest BCUT2D eigenvalue weighted by Crippen LogP contribution is 2.26. The number of hydrogen-bond acceptors (Lipinski definition) is 8. The van der Waals surface area contributed by atoms with E-state index in [0.29, 0.717) is 28.6 Å². The Bertz CT molecular complexity index is 1270. The van der Waals surface area contributed by atoms with E-state index in [0.717, 1.165) is 54.8 Å². The highest BCUT2D eigenvalue weighted by molar-refractivity contribution is 8.18. The second kappa shape index (κ2) is 9.82. The van der Waals surface area contributed by atoms with Crippen molar-refractivity contribution in [3.05, 3.63) is 64.8 Å². The first kappa shape index (κ1) is 22.4. The highest BCUT2D eigenvalue weighted by Gasteiger charge is 2.25. The number of carbonyl (C=O) groups excluding carboxylic acids is 2. The summed E-state index contributed by atoms with van der Waals surface area (Å²) < 4.78 is 0. The number of hydrogen-bond donors (Lipinski definition) is 4.